The van der Waals surface area contributed by atoms with E-state index >= 15 is 0 Å². The molecule has 0 saturated heterocycles. The number of ketones is 1. The van der Waals surface area contributed by atoms with Gasteiger partial charge in [-0.2, -0.15) is 0 Å². The Morgan fingerprint density at radius 1 is 1.00 bits per heavy atom. The molecule has 0 aromatic heterocycles. The summed E-state index contributed by atoms with van der Waals surface area (Å²) in [4.78, 5) is 23.1. The first-order valence-corrected chi connectivity index (χ1v) is 5.79. The normalized spacial score (nSPS) is 15.8. The molecular weight excluding hydrogens is 244 g/mol. The number of carbonyl (C=O) groups is 2. The largest absolute Gasteiger partial charge is 0.501 e. The molecule has 0 bridgehead atoms. The highest BCUT2D eigenvalue weighted by atomic mass is 16.5. The van der Waals surface area contributed by atoms with Crippen LogP contribution in [0.3, 0.4) is 0 Å². The molecule has 0 aliphatic carbocycles. The third kappa shape index (κ3) is 1.87. The Balaban J connectivity index is 2.20. The average Bonchev–Trinajstić information content (AvgIpc) is 2.43. The minimum absolute atomic E-state index is 0.0296. The number of esters is 1. The number of benzene rings is 2. The molecule has 1 aliphatic heterocycles. The Bertz CT molecular complexity index is 728. The zero-order chi connectivity index (χ0) is 13.4. The van der Waals surface area contributed by atoms with Gasteiger partial charge in [0.05, 0.1) is 5.57 Å². The summed E-state index contributed by atoms with van der Waals surface area (Å²) < 4.78 is 4.55. The molecule has 0 radical (unpaired) electrons. The van der Waals surface area contributed by atoms with Gasteiger partial charge in [-0.05, 0) is 22.4 Å². The van der Waals surface area contributed by atoms with Crippen molar-refractivity contribution in [3.05, 3.63) is 53.8 Å². The van der Waals surface area contributed by atoms with Crippen molar-refractivity contribution in [3.8, 4) is 0 Å². The van der Waals surface area contributed by atoms with Gasteiger partial charge >= 0.3 is 5.97 Å². The van der Waals surface area contributed by atoms with Crippen LogP contribution in [0, 0.1) is 0 Å². The Morgan fingerprint density at radius 3 is 2.53 bits per heavy atom. The van der Waals surface area contributed by atoms with Gasteiger partial charge in [-0.15, -0.1) is 0 Å². The van der Waals surface area contributed by atoms with Crippen LogP contribution in [0.4, 0.5) is 0 Å². The Kier molecular flexibility index (Phi) is 2.56. The molecule has 2 aromatic rings. The van der Waals surface area contributed by atoms with Gasteiger partial charge < -0.3 is 9.84 Å². The van der Waals surface area contributed by atoms with Crippen LogP contribution in [0.5, 0.6) is 0 Å². The topological polar surface area (TPSA) is 63.6 Å². The molecule has 0 spiro atoms. The van der Waals surface area contributed by atoms with Crippen LogP contribution < -0.4 is 0 Å². The predicted molar refractivity (Wildman–Crippen MR) is 69.5 cm³/mol. The van der Waals surface area contributed by atoms with Crippen LogP contribution >= 0.6 is 0 Å². The molecule has 4 heteroatoms. The number of ether oxygens (including phenoxy) is 1. The van der Waals surface area contributed by atoms with Crippen molar-refractivity contribution in [2.24, 2.45) is 0 Å². The minimum atomic E-state index is -0.859. The summed E-state index contributed by atoms with van der Waals surface area (Å²) in [5.41, 5.74) is 0.555. The molecule has 1 heterocycles. The van der Waals surface area contributed by atoms with Gasteiger partial charge in [0, 0.05) is 0 Å². The van der Waals surface area contributed by atoms with E-state index in [1.165, 1.54) is 0 Å². The lowest BCUT2D eigenvalue weighted by molar-refractivity contribution is -0.147. The van der Waals surface area contributed by atoms with E-state index in [1.54, 1.807) is 12.1 Å². The molecule has 0 amide bonds. The number of hydrogen-bond acceptors (Lipinski definition) is 4. The number of Topliss-reactive ketones (excluding diaryl/α,β-unsaturated/α-hetero) is 1. The second-order valence-corrected chi connectivity index (χ2v) is 4.28. The van der Waals surface area contributed by atoms with Crippen LogP contribution in [0.1, 0.15) is 5.56 Å². The lowest BCUT2D eigenvalue weighted by Gasteiger charge is -2.15. The summed E-state index contributed by atoms with van der Waals surface area (Å²) in [6.45, 7) is -0.328. The van der Waals surface area contributed by atoms with Gasteiger partial charge in [0.1, 0.15) is 0 Å². The SMILES string of the molecule is O=C1COC(=O)C(O)=C1c1ccc2ccccc2c1. The van der Waals surface area contributed by atoms with Crippen molar-refractivity contribution < 1.29 is 19.4 Å². The van der Waals surface area contributed by atoms with Crippen LogP contribution in [0.2, 0.25) is 0 Å². The highest BCUT2D eigenvalue weighted by molar-refractivity contribution is 6.28. The van der Waals surface area contributed by atoms with Crippen molar-refractivity contribution in [2.45, 2.75) is 0 Å². The van der Waals surface area contributed by atoms with E-state index in [2.05, 4.69) is 4.74 Å². The maximum absolute atomic E-state index is 11.8. The number of rotatable bonds is 1. The zero-order valence-electron chi connectivity index (χ0n) is 9.92. The third-order valence-corrected chi connectivity index (χ3v) is 3.08. The first-order chi connectivity index (χ1) is 9.16. The van der Waals surface area contributed by atoms with E-state index in [0.717, 1.165) is 10.8 Å². The third-order valence-electron chi connectivity index (χ3n) is 3.08. The molecule has 0 saturated carbocycles. The van der Waals surface area contributed by atoms with E-state index in [-0.39, 0.29) is 12.2 Å². The van der Waals surface area contributed by atoms with E-state index in [1.807, 2.05) is 30.3 Å². The fourth-order valence-corrected chi connectivity index (χ4v) is 2.15. The first-order valence-electron chi connectivity index (χ1n) is 5.79. The maximum Gasteiger partial charge on any atom is 0.374 e. The monoisotopic (exact) mass is 254 g/mol. The van der Waals surface area contributed by atoms with Crippen LogP contribution in [-0.2, 0) is 14.3 Å². The van der Waals surface area contributed by atoms with Gasteiger partial charge in [-0.25, -0.2) is 4.79 Å². The summed E-state index contributed by atoms with van der Waals surface area (Å²) >= 11 is 0. The zero-order valence-corrected chi connectivity index (χ0v) is 9.92. The first kappa shape index (κ1) is 11.5. The average molecular weight is 254 g/mol. The van der Waals surface area contributed by atoms with E-state index in [0.29, 0.717) is 5.56 Å². The number of carbonyl (C=O) groups excluding carboxylic acids is 2. The molecular formula is C15H10O4. The Labute approximate surface area is 108 Å². The number of aliphatic hydroxyl groups is 1. The highest BCUT2D eigenvalue weighted by Gasteiger charge is 2.29. The number of hydrogen-bond donors (Lipinski definition) is 1. The summed E-state index contributed by atoms with van der Waals surface area (Å²) in [6.07, 6.45) is 0. The standard InChI is InChI=1S/C15H10O4/c16-12-8-19-15(18)14(17)13(12)11-6-5-9-3-1-2-4-10(9)7-11/h1-7,17H,8H2. The summed E-state index contributed by atoms with van der Waals surface area (Å²) in [5.74, 6) is -1.87. The number of fused-ring (bicyclic) bond motifs is 1. The summed E-state index contributed by atoms with van der Waals surface area (Å²) in [7, 11) is 0. The smallest absolute Gasteiger partial charge is 0.374 e. The molecule has 3 rings (SSSR count). The Hall–Kier alpha value is -2.62. The molecule has 2 aromatic carbocycles. The molecule has 1 N–H and O–H groups in total. The fraction of sp³-hybridized carbons (Fsp3) is 0.0667. The lowest BCUT2D eigenvalue weighted by Crippen LogP contribution is -2.25. The van der Waals surface area contributed by atoms with Crippen LogP contribution in [0.15, 0.2) is 48.2 Å². The minimum Gasteiger partial charge on any atom is -0.501 e. The van der Waals surface area contributed by atoms with Crippen LogP contribution in [0.25, 0.3) is 16.3 Å². The van der Waals surface area contributed by atoms with Crippen LogP contribution in [-0.4, -0.2) is 23.5 Å². The fourth-order valence-electron chi connectivity index (χ4n) is 2.15. The van der Waals surface area contributed by atoms with Crippen molar-refractivity contribution in [1.29, 1.82) is 0 Å². The van der Waals surface area contributed by atoms with E-state index in [4.69, 9.17) is 0 Å². The molecule has 19 heavy (non-hydrogen) atoms. The van der Waals surface area contributed by atoms with Gasteiger partial charge in [0.15, 0.2) is 6.61 Å². The maximum atomic E-state index is 11.8. The van der Waals surface area contributed by atoms with E-state index < -0.39 is 17.5 Å². The highest BCUT2D eigenvalue weighted by Crippen LogP contribution is 2.26. The van der Waals surface area contributed by atoms with Crippen molar-refractivity contribution in [2.75, 3.05) is 6.61 Å². The van der Waals surface area contributed by atoms with E-state index in [9.17, 15) is 14.7 Å². The van der Waals surface area contributed by atoms with Crippen molar-refractivity contribution in [1.82, 2.24) is 0 Å². The number of aliphatic hydroxyl groups excluding tert-OH is 1. The van der Waals surface area contributed by atoms with Gasteiger partial charge in [0.25, 0.3) is 0 Å². The van der Waals surface area contributed by atoms with Gasteiger partial charge in [0.2, 0.25) is 11.5 Å². The predicted octanol–water partition coefficient (Wildman–Crippen LogP) is 2.23. The second kappa shape index (κ2) is 4.24. The van der Waals surface area contributed by atoms with Gasteiger partial charge in [-0.1, -0.05) is 36.4 Å². The molecule has 94 valence electrons. The molecule has 1 aliphatic rings. The van der Waals surface area contributed by atoms with Gasteiger partial charge in [-0.3, -0.25) is 4.79 Å². The molecule has 0 fully saturated rings. The summed E-state index contributed by atoms with van der Waals surface area (Å²) in [6, 6.07) is 13.0. The molecule has 4 nitrogen and oxygen atoms in total. The number of cyclic esters (lactones) is 1. The Morgan fingerprint density at radius 2 is 1.74 bits per heavy atom. The molecule has 0 atom stereocenters. The summed E-state index contributed by atoms with van der Waals surface area (Å²) in [5, 5.41) is 11.7. The quantitative estimate of drug-likeness (QED) is 0.793. The lowest BCUT2D eigenvalue weighted by atomic mass is 9.96. The molecule has 0 unspecified atom stereocenters. The second-order valence-electron chi connectivity index (χ2n) is 4.28. The van der Waals surface area contributed by atoms with Crippen molar-refractivity contribution >= 4 is 28.1 Å². The van der Waals surface area contributed by atoms with Crippen molar-refractivity contribution in [3.63, 3.8) is 0 Å².